The largest absolute Gasteiger partial charge is 0.451 e. The molecule has 3 rings (SSSR count). The molecule has 0 radical (unpaired) electrons. The van der Waals surface area contributed by atoms with Gasteiger partial charge in [0.15, 0.2) is 11.6 Å². The van der Waals surface area contributed by atoms with Crippen LogP contribution in [0.25, 0.3) is 0 Å². The monoisotopic (exact) mass is 548 g/mol. The second-order valence-electron chi connectivity index (χ2n) is 9.11. The Morgan fingerprint density at radius 3 is 2.28 bits per heavy atom. The van der Waals surface area contributed by atoms with Crippen LogP contribution in [0.1, 0.15) is 25.8 Å². The Hall–Kier alpha value is -4.02. The van der Waals surface area contributed by atoms with Crippen LogP contribution in [-0.4, -0.2) is 49.5 Å². The first-order valence-corrected chi connectivity index (χ1v) is 12.1. The summed E-state index contributed by atoms with van der Waals surface area (Å²) in [5.74, 6) is -9.48. The number of benzene rings is 2. The number of aliphatic imine (C=N–C) groups is 2. The van der Waals surface area contributed by atoms with Crippen LogP contribution in [0.2, 0.25) is 0 Å². The molecule has 2 aromatic rings. The van der Waals surface area contributed by atoms with Crippen molar-refractivity contribution in [2.75, 3.05) is 27.2 Å². The molecule has 0 saturated carbocycles. The molecule has 0 bridgehead atoms. The molecule has 2 N–H and O–H groups in total. The molecule has 39 heavy (non-hydrogen) atoms. The van der Waals surface area contributed by atoms with E-state index in [-0.39, 0.29) is 40.9 Å². The van der Waals surface area contributed by atoms with Gasteiger partial charge in [-0.3, -0.25) is 14.8 Å². The predicted molar refractivity (Wildman–Crippen MR) is 140 cm³/mol. The minimum atomic E-state index is -1.75. The Bertz CT molecular complexity index is 1360. The summed E-state index contributed by atoms with van der Waals surface area (Å²) in [6.45, 7) is 8.45. The number of nitrogens with two attached hydrogens (primary N) is 1. The summed E-state index contributed by atoms with van der Waals surface area (Å²) >= 11 is 0. The first-order valence-electron chi connectivity index (χ1n) is 12.1. The Kier molecular flexibility index (Phi) is 9.26. The molecule has 1 heterocycles. The number of amides is 1. The Balaban J connectivity index is 1.99. The Labute approximate surface area is 223 Å². The maximum Gasteiger partial charge on any atom is 0.245 e. The van der Waals surface area contributed by atoms with Crippen LogP contribution in [0.15, 0.2) is 58.1 Å². The van der Waals surface area contributed by atoms with Crippen molar-refractivity contribution in [2.24, 2.45) is 27.6 Å². The number of rotatable bonds is 8. The number of halogens is 5. The topological polar surface area (TPSA) is 80.3 Å². The Morgan fingerprint density at radius 1 is 1.10 bits per heavy atom. The van der Waals surface area contributed by atoms with Crippen LogP contribution in [0, 0.1) is 40.9 Å². The van der Waals surface area contributed by atoms with Crippen molar-refractivity contribution < 1.29 is 31.5 Å². The second-order valence-corrected chi connectivity index (χ2v) is 9.11. The highest BCUT2D eigenvalue weighted by Gasteiger charge is 2.32. The number of carbonyl (C=O) groups excluding carboxylic acids is 1. The molecule has 1 saturated heterocycles. The van der Waals surface area contributed by atoms with Gasteiger partial charge in [0.1, 0.15) is 17.4 Å². The van der Waals surface area contributed by atoms with Crippen LogP contribution in [0.5, 0.6) is 11.5 Å². The Morgan fingerprint density at radius 2 is 1.74 bits per heavy atom. The third-order valence-electron chi connectivity index (χ3n) is 6.94. The van der Waals surface area contributed by atoms with E-state index in [4.69, 9.17) is 10.5 Å². The van der Waals surface area contributed by atoms with E-state index in [1.165, 1.54) is 32.3 Å². The van der Waals surface area contributed by atoms with Crippen LogP contribution in [0.3, 0.4) is 0 Å². The van der Waals surface area contributed by atoms with Crippen LogP contribution in [0.4, 0.5) is 22.0 Å². The smallest absolute Gasteiger partial charge is 0.245 e. The fourth-order valence-corrected chi connectivity index (χ4v) is 4.60. The zero-order valence-corrected chi connectivity index (χ0v) is 22.0. The van der Waals surface area contributed by atoms with Gasteiger partial charge in [0.2, 0.25) is 23.3 Å². The quantitative estimate of drug-likeness (QED) is 0.154. The van der Waals surface area contributed by atoms with E-state index in [9.17, 15) is 22.4 Å². The second kappa shape index (κ2) is 12.2. The van der Waals surface area contributed by atoms with Crippen molar-refractivity contribution >= 4 is 17.5 Å². The molecule has 208 valence electrons. The minimum absolute atomic E-state index is 0.0146. The molecule has 0 aromatic heterocycles. The van der Waals surface area contributed by atoms with Crippen molar-refractivity contribution in [1.82, 2.24) is 4.90 Å². The summed E-state index contributed by atoms with van der Waals surface area (Å²) in [6.07, 6.45) is 2.02. The van der Waals surface area contributed by atoms with E-state index in [2.05, 4.69) is 16.6 Å². The lowest BCUT2D eigenvalue weighted by atomic mass is 9.82. The van der Waals surface area contributed by atoms with Crippen LogP contribution < -0.4 is 10.5 Å². The van der Waals surface area contributed by atoms with Crippen LogP contribution in [-0.2, 0) is 4.79 Å². The van der Waals surface area contributed by atoms with Gasteiger partial charge in [-0.1, -0.05) is 19.1 Å². The average molecular weight is 549 g/mol. The molecule has 2 atom stereocenters. The zero-order valence-electron chi connectivity index (χ0n) is 22.0. The lowest BCUT2D eigenvalue weighted by Gasteiger charge is -2.24. The molecule has 0 aliphatic carbocycles. The van der Waals surface area contributed by atoms with Crippen molar-refractivity contribution in [3.05, 3.63) is 82.7 Å². The molecule has 1 amide bonds. The number of hydrogen-bond donors (Lipinski definition) is 1. The number of likely N-dealkylation sites (tertiary alicyclic amines) is 1. The highest BCUT2D eigenvalue weighted by molar-refractivity contribution is 6.29. The molecule has 1 aliphatic heterocycles. The number of ether oxygens (including phenoxy) is 1. The van der Waals surface area contributed by atoms with Gasteiger partial charge in [0, 0.05) is 50.5 Å². The van der Waals surface area contributed by atoms with E-state index < -0.39 is 40.6 Å². The van der Waals surface area contributed by atoms with Gasteiger partial charge in [0.05, 0.1) is 5.71 Å². The van der Waals surface area contributed by atoms with Crippen molar-refractivity contribution in [1.29, 1.82) is 0 Å². The zero-order chi connectivity index (χ0) is 29.0. The first kappa shape index (κ1) is 29.5. The molecule has 6 nitrogen and oxygen atoms in total. The van der Waals surface area contributed by atoms with Gasteiger partial charge >= 0.3 is 0 Å². The molecule has 1 aliphatic rings. The summed E-state index contributed by atoms with van der Waals surface area (Å²) in [5.41, 5.74) is 7.57. The predicted octanol–water partition coefficient (Wildman–Crippen LogP) is 5.57. The van der Waals surface area contributed by atoms with Gasteiger partial charge < -0.3 is 15.4 Å². The molecule has 0 spiro atoms. The summed E-state index contributed by atoms with van der Waals surface area (Å²) < 4.78 is 75.5. The summed E-state index contributed by atoms with van der Waals surface area (Å²) in [7, 11) is 2.93. The highest BCUT2D eigenvalue weighted by Crippen LogP contribution is 2.34. The standard InChI is InChI=1S/C28H29F5N4O2/c1-6-22(38)37-10-9-16(13-37)14(2)15(3)23(28(34)36-5)26(35-4)18-8-7-17(11-19(18)29)39-27-24(32)20(30)12-21(31)25(27)33/h6-8,11-12,14,16H,1,9-10,13H2,2-5H3,(H2,34,36)/b23-15+,35-26?. The maximum absolute atomic E-state index is 15.4. The highest BCUT2D eigenvalue weighted by atomic mass is 19.2. The van der Waals surface area contributed by atoms with Crippen molar-refractivity contribution in [3.63, 3.8) is 0 Å². The van der Waals surface area contributed by atoms with E-state index in [1.807, 2.05) is 13.8 Å². The van der Waals surface area contributed by atoms with Crippen molar-refractivity contribution in [2.45, 2.75) is 20.3 Å². The van der Waals surface area contributed by atoms with Gasteiger partial charge in [-0.15, -0.1) is 0 Å². The molecular formula is C28H29F5N4O2. The normalized spacial score (nSPS) is 17.7. The average Bonchev–Trinajstić information content (AvgIpc) is 3.42. The summed E-state index contributed by atoms with van der Waals surface area (Å²) in [5, 5.41) is 0. The molecule has 2 aromatic carbocycles. The molecular weight excluding hydrogens is 519 g/mol. The van der Waals surface area contributed by atoms with Crippen molar-refractivity contribution in [3.8, 4) is 11.5 Å². The van der Waals surface area contributed by atoms with Crippen LogP contribution >= 0.6 is 0 Å². The number of hydrogen-bond acceptors (Lipinski definition) is 4. The summed E-state index contributed by atoms with van der Waals surface area (Å²) in [6, 6.07) is 3.28. The third-order valence-corrected chi connectivity index (χ3v) is 6.94. The number of amidine groups is 1. The number of allylic oxidation sites excluding steroid dienone is 1. The SMILES string of the molecule is C=CC(=O)N1CCC(C(C)/C(C)=C(/C(N)=NC)C(=NC)c2ccc(Oc3c(F)c(F)cc(F)c3F)cc2F)C1. The van der Waals surface area contributed by atoms with Gasteiger partial charge in [0.25, 0.3) is 0 Å². The number of carbonyl (C=O) groups is 1. The third kappa shape index (κ3) is 6.02. The van der Waals surface area contributed by atoms with Gasteiger partial charge in [-0.2, -0.15) is 8.78 Å². The number of nitrogens with zero attached hydrogens (tertiary/aromatic N) is 3. The molecule has 11 heteroatoms. The first-order chi connectivity index (χ1) is 18.4. The molecule has 1 fully saturated rings. The van der Waals surface area contributed by atoms with Gasteiger partial charge in [-0.25, -0.2) is 13.2 Å². The van der Waals surface area contributed by atoms with E-state index in [1.54, 1.807) is 4.90 Å². The minimum Gasteiger partial charge on any atom is -0.451 e. The van der Waals surface area contributed by atoms with E-state index in [0.717, 1.165) is 18.1 Å². The lowest BCUT2D eigenvalue weighted by Crippen LogP contribution is -2.29. The fourth-order valence-electron chi connectivity index (χ4n) is 4.60. The fraction of sp³-hybridized carbons (Fsp3) is 0.321. The maximum atomic E-state index is 15.4. The summed E-state index contributed by atoms with van der Waals surface area (Å²) in [4.78, 5) is 22.1. The van der Waals surface area contributed by atoms with E-state index >= 15 is 4.39 Å². The molecule has 2 unspecified atom stereocenters. The van der Waals surface area contributed by atoms with E-state index in [0.29, 0.717) is 18.7 Å². The lowest BCUT2D eigenvalue weighted by molar-refractivity contribution is -0.125. The van der Waals surface area contributed by atoms with Gasteiger partial charge in [-0.05, 0) is 43.4 Å².